The lowest BCUT2D eigenvalue weighted by molar-refractivity contribution is 0.353. The maximum atomic E-state index is 4.98. The van der Waals surface area contributed by atoms with Gasteiger partial charge in [0.05, 0.1) is 0 Å². The second kappa shape index (κ2) is 3.51. The molecule has 0 saturated heterocycles. The van der Waals surface area contributed by atoms with Gasteiger partial charge in [-0.2, -0.15) is 4.98 Å². The Morgan fingerprint density at radius 3 is 2.73 bits per heavy atom. The largest absolute Gasteiger partial charge is 0.339 e. The quantitative estimate of drug-likeness (QED) is 0.668. The molecule has 1 atom stereocenters. The van der Waals surface area contributed by atoms with Gasteiger partial charge in [0.15, 0.2) is 5.82 Å². The molecule has 0 aliphatic rings. The predicted molar refractivity (Wildman–Crippen MR) is 42.2 cm³/mol. The normalized spacial score (nSPS) is 13.4. The van der Waals surface area contributed by atoms with Crippen molar-refractivity contribution < 1.29 is 4.52 Å². The molecule has 62 valence electrons. The van der Waals surface area contributed by atoms with Crippen LogP contribution in [0.1, 0.15) is 32.0 Å². The van der Waals surface area contributed by atoms with Crippen LogP contribution in [0.2, 0.25) is 0 Å². The molecule has 0 aliphatic carbocycles. The van der Waals surface area contributed by atoms with Crippen molar-refractivity contribution in [1.29, 1.82) is 0 Å². The minimum Gasteiger partial charge on any atom is -0.339 e. The summed E-state index contributed by atoms with van der Waals surface area (Å²) < 4.78 is 4.98. The molecule has 11 heavy (non-hydrogen) atoms. The Labute approximate surface area is 66.8 Å². The van der Waals surface area contributed by atoms with Crippen molar-refractivity contribution in [2.75, 3.05) is 0 Å². The van der Waals surface area contributed by atoms with Crippen molar-refractivity contribution in [2.45, 2.75) is 33.6 Å². The predicted octanol–water partition coefficient (Wildman–Crippen LogP) is 1.97. The number of rotatable bonds is 3. The summed E-state index contributed by atoms with van der Waals surface area (Å²) in [6.07, 6.45) is 2.05. The third kappa shape index (κ3) is 2.33. The standard InChI is InChI=1S/C8H14N2O/c1-4-6(2)5-8-9-7(3)10-11-8/h6H,4-5H2,1-3H3. The molecule has 0 fully saturated rings. The lowest BCUT2D eigenvalue weighted by Crippen LogP contribution is -1.97. The van der Waals surface area contributed by atoms with Crippen molar-refractivity contribution in [3.05, 3.63) is 11.7 Å². The van der Waals surface area contributed by atoms with Crippen LogP contribution in [0.3, 0.4) is 0 Å². The highest BCUT2D eigenvalue weighted by Gasteiger charge is 2.06. The molecule has 0 bridgehead atoms. The van der Waals surface area contributed by atoms with Gasteiger partial charge in [0.1, 0.15) is 0 Å². The molecule has 0 amide bonds. The zero-order valence-corrected chi connectivity index (χ0v) is 7.29. The lowest BCUT2D eigenvalue weighted by Gasteiger charge is -2.01. The molecule has 0 radical (unpaired) electrons. The van der Waals surface area contributed by atoms with E-state index in [-0.39, 0.29) is 0 Å². The van der Waals surface area contributed by atoms with E-state index in [9.17, 15) is 0 Å². The molecule has 1 rings (SSSR count). The molecule has 0 saturated carbocycles. The SMILES string of the molecule is CCC(C)Cc1nc(C)no1. The summed E-state index contributed by atoms with van der Waals surface area (Å²) in [6, 6.07) is 0. The van der Waals surface area contributed by atoms with Crippen molar-refractivity contribution in [3.63, 3.8) is 0 Å². The van der Waals surface area contributed by atoms with Crippen LogP contribution in [0.25, 0.3) is 0 Å². The van der Waals surface area contributed by atoms with Crippen LogP contribution >= 0.6 is 0 Å². The third-order valence-electron chi connectivity index (χ3n) is 1.79. The van der Waals surface area contributed by atoms with Crippen molar-refractivity contribution >= 4 is 0 Å². The average molecular weight is 154 g/mol. The molecule has 0 spiro atoms. The van der Waals surface area contributed by atoms with Crippen LogP contribution < -0.4 is 0 Å². The second-order valence-electron chi connectivity index (χ2n) is 2.95. The molecule has 0 aromatic carbocycles. The number of nitrogens with zero attached hydrogens (tertiary/aromatic N) is 2. The molecule has 0 aliphatic heterocycles. The van der Waals surface area contributed by atoms with E-state index >= 15 is 0 Å². The van der Waals surface area contributed by atoms with Crippen LogP contribution in [0.5, 0.6) is 0 Å². The topological polar surface area (TPSA) is 38.9 Å². The van der Waals surface area contributed by atoms with Gasteiger partial charge in [0, 0.05) is 6.42 Å². The molecule has 1 heterocycles. The van der Waals surface area contributed by atoms with E-state index < -0.39 is 0 Å². The van der Waals surface area contributed by atoms with Gasteiger partial charge in [-0.05, 0) is 12.8 Å². The summed E-state index contributed by atoms with van der Waals surface area (Å²) >= 11 is 0. The van der Waals surface area contributed by atoms with Crippen molar-refractivity contribution in [2.24, 2.45) is 5.92 Å². The molecule has 1 unspecified atom stereocenters. The first-order valence-corrected chi connectivity index (χ1v) is 4.01. The Hall–Kier alpha value is -0.860. The maximum Gasteiger partial charge on any atom is 0.226 e. The zero-order valence-electron chi connectivity index (χ0n) is 7.29. The average Bonchev–Trinajstić information content (AvgIpc) is 2.35. The minimum absolute atomic E-state index is 0.634. The molecular formula is C8H14N2O. The van der Waals surface area contributed by atoms with Gasteiger partial charge in [-0.25, -0.2) is 0 Å². The second-order valence-corrected chi connectivity index (χ2v) is 2.95. The van der Waals surface area contributed by atoms with E-state index in [2.05, 4.69) is 24.0 Å². The first-order valence-electron chi connectivity index (χ1n) is 4.01. The van der Waals surface area contributed by atoms with E-state index in [4.69, 9.17) is 4.52 Å². The molecule has 3 nitrogen and oxygen atoms in total. The summed E-state index contributed by atoms with van der Waals surface area (Å²) in [7, 11) is 0. The molecule has 3 heteroatoms. The Kier molecular flexibility index (Phi) is 2.63. The third-order valence-corrected chi connectivity index (χ3v) is 1.79. The minimum atomic E-state index is 0.634. The van der Waals surface area contributed by atoms with Crippen LogP contribution in [0.4, 0.5) is 0 Å². The van der Waals surface area contributed by atoms with E-state index in [1.165, 1.54) is 0 Å². The smallest absolute Gasteiger partial charge is 0.226 e. The van der Waals surface area contributed by atoms with E-state index in [1.54, 1.807) is 0 Å². The fourth-order valence-electron chi connectivity index (χ4n) is 0.865. The van der Waals surface area contributed by atoms with Crippen LogP contribution in [-0.4, -0.2) is 10.1 Å². The van der Waals surface area contributed by atoms with E-state index in [0.29, 0.717) is 5.92 Å². The number of hydrogen-bond donors (Lipinski definition) is 0. The Balaban J connectivity index is 2.50. The van der Waals surface area contributed by atoms with Gasteiger partial charge in [0.25, 0.3) is 0 Å². The summed E-state index contributed by atoms with van der Waals surface area (Å²) in [6.45, 7) is 6.18. The molecule has 1 aromatic rings. The van der Waals surface area contributed by atoms with Crippen molar-refractivity contribution in [1.82, 2.24) is 10.1 Å². The van der Waals surface area contributed by atoms with Gasteiger partial charge < -0.3 is 4.52 Å². The van der Waals surface area contributed by atoms with Crippen LogP contribution in [0, 0.1) is 12.8 Å². The maximum absolute atomic E-state index is 4.98. The molecule has 1 aromatic heterocycles. The van der Waals surface area contributed by atoms with Crippen molar-refractivity contribution in [3.8, 4) is 0 Å². The number of hydrogen-bond acceptors (Lipinski definition) is 3. The first kappa shape index (κ1) is 8.24. The highest BCUT2D eigenvalue weighted by molar-refractivity contribution is 4.83. The van der Waals surface area contributed by atoms with Gasteiger partial charge in [0.2, 0.25) is 5.89 Å². The van der Waals surface area contributed by atoms with Gasteiger partial charge >= 0.3 is 0 Å². The summed E-state index contributed by atoms with van der Waals surface area (Å²) in [5.74, 6) is 2.12. The first-order chi connectivity index (χ1) is 5.22. The summed E-state index contributed by atoms with van der Waals surface area (Å²) in [5.41, 5.74) is 0. The number of aromatic nitrogens is 2. The monoisotopic (exact) mass is 154 g/mol. The fraction of sp³-hybridized carbons (Fsp3) is 0.750. The lowest BCUT2D eigenvalue weighted by atomic mass is 10.1. The van der Waals surface area contributed by atoms with E-state index in [1.807, 2.05) is 6.92 Å². The highest BCUT2D eigenvalue weighted by atomic mass is 16.5. The highest BCUT2D eigenvalue weighted by Crippen LogP contribution is 2.08. The Bertz CT molecular complexity index is 220. The molecular weight excluding hydrogens is 140 g/mol. The van der Waals surface area contributed by atoms with Crippen LogP contribution in [-0.2, 0) is 6.42 Å². The van der Waals surface area contributed by atoms with Gasteiger partial charge in [-0.1, -0.05) is 25.4 Å². The Morgan fingerprint density at radius 2 is 2.27 bits per heavy atom. The Morgan fingerprint density at radius 1 is 1.55 bits per heavy atom. The number of aryl methyl sites for hydroxylation is 1. The van der Waals surface area contributed by atoms with Crippen LogP contribution in [0.15, 0.2) is 4.52 Å². The van der Waals surface area contributed by atoms with E-state index in [0.717, 1.165) is 24.6 Å². The summed E-state index contributed by atoms with van der Waals surface area (Å²) in [4.78, 5) is 4.12. The molecule has 0 N–H and O–H groups in total. The van der Waals surface area contributed by atoms with Gasteiger partial charge in [-0.3, -0.25) is 0 Å². The zero-order chi connectivity index (χ0) is 8.27. The fourth-order valence-corrected chi connectivity index (χ4v) is 0.865. The van der Waals surface area contributed by atoms with Gasteiger partial charge in [-0.15, -0.1) is 0 Å². The summed E-state index contributed by atoms with van der Waals surface area (Å²) in [5, 5.41) is 3.72.